The first kappa shape index (κ1) is 13.7. The lowest BCUT2D eigenvalue weighted by Crippen LogP contribution is -1.93. The summed E-state index contributed by atoms with van der Waals surface area (Å²) < 4.78 is 0. The van der Waals surface area contributed by atoms with E-state index in [4.69, 9.17) is 5.11 Å². The summed E-state index contributed by atoms with van der Waals surface area (Å²) in [5, 5.41) is 8.47. The second-order valence-corrected chi connectivity index (χ2v) is 4.40. The number of carbonyl (C=O) groups is 1. The fraction of sp³-hybridized carbons (Fsp3) is 0.692. The highest BCUT2D eigenvalue weighted by Gasteiger charge is 1.97. The highest BCUT2D eigenvalue weighted by molar-refractivity contribution is 5.66. The Morgan fingerprint density at radius 3 is 2.35 bits per heavy atom. The molecule has 2 N–H and O–H groups in total. The molecular weight excluding hydrogens is 216 g/mol. The van der Waals surface area contributed by atoms with Crippen LogP contribution >= 0.6 is 0 Å². The standard InChI is InChI=1S/C13H22N2O2/c16-13(17)9-7-5-3-1-2-4-6-8-12-14-10-11-15-12/h10-11H,1-9H2,(H,14,15)(H,16,17). The zero-order valence-electron chi connectivity index (χ0n) is 10.3. The predicted octanol–water partition coefficient (Wildman–Crippen LogP) is 3.16. The molecule has 0 amide bonds. The highest BCUT2D eigenvalue weighted by atomic mass is 16.4. The summed E-state index contributed by atoms with van der Waals surface area (Å²) in [6, 6.07) is 0. The van der Waals surface area contributed by atoms with Gasteiger partial charge in [0, 0.05) is 25.2 Å². The van der Waals surface area contributed by atoms with Gasteiger partial charge in [0.25, 0.3) is 0 Å². The molecule has 0 saturated carbocycles. The second-order valence-electron chi connectivity index (χ2n) is 4.40. The maximum Gasteiger partial charge on any atom is 0.303 e. The molecule has 0 aromatic carbocycles. The number of aryl methyl sites for hydroxylation is 1. The lowest BCUT2D eigenvalue weighted by atomic mass is 10.1. The summed E-state index contributed by atoms with van der Waals surface area (Å²) in [6.07, 6.45) is 12.9. The molecule has 0 aliphatic carbocycles. The number of unbranched alkanes of at least 4 members (excludes halogenated alkanes) is 6. The first-order valence-electron chi connectivity index (χ1n) is 6.49. The normalized spacial score (nSPS) is 10.6. The number of aliphatic carboxylic acids is 1. The molecule has 0 atom stereocenters. The van der Waals surface area contributed by atoms with Crippen LogP contribution < -0.4 is 0 Å². The van der Waals surface area contributed by atoms with E-state index in [2.05, 4.69) is 9.97 Å². The van der Waals surface area contributed by atoms with Crippen LogP contribution in [0, 0.1) is 0 Å². The van der Waals surface area contributed by atoms with Crippen LogP contribution in [0.1, 0.15) is 57.2 Å². The van der Waals surface area contributed by atoms with Crippen LogP contribution in [0.5, 0.6) is 0 Å². The molecule has 17 heavy (non-hydrogen) atoms. The number of nitrogens with one attached hydrogen (secondary N) is 1. The first-order valence-corrected chi connectivity index (χ1v) is 6.49. The van der Waals surface area contributed by atoms with Crippen molar-refractivity contribution in [1.29, 1.82) is 0 Å². The summed E-state index contributed by atoms with van der Waals surface area (Å²) in [5.74, 6) is 0.398. The largest absolute Gasteiger partial charge is 0.481 e. The molecule has 0 unspecified atom stereocenters. The van der Waals surface area contributed by atoms with Crippen molar-refractivity contribution in [2.75, 3.05) is 0 Å². The topological polar surface area (TPSA) is 66.0 Å². The van der Waals surface area contributed by atoms with Gasteiger partial charge < -0.3 is 10.1 Å². The SMILES string of the molecule is O=C(O)CCCCCCCCCc1ncc[nH]1. The molecule has 4 heteroatoms. The van der Waals surface area contributed by atoms with Crippen molar-refractivity contribution < 1.29 is 9.90 Å². The molecule has 0 bridgehead atoms. The Bertz CT molecular complexity index is 296. The number of carboxylic acids is 1. The van der Waals surface area contributed by atoms with Crippen LogP contribution in [0.25, 0.3) is 0 Å². The van der Waals surface area contributed by atoms with E-state index in [1.807, 2.05) is 6.20 Å². The van der Waals surface area contributed by atoms with Crippen LogP contribution in [0.4, 0.5) is 0 Å². The molecule has 4 nitrogen and oxygen atoms in total. The molecule has 1 aromatic heterocycles. The molecule has 0 aliphatic heterocycles. The average molecular weight is 238 g/mol. The van der Waals surface area contributed by atoms with E-state index in [-0.39, 0.29) is 0 Å². The van der Waals surface area contributed by atoms with Gasteiger partial charge in [0.1, 0.15) is 5.82 Å². The van der Waals surface area contributed by atoms with Gasteiger partial charge in [-0.1, -0.05) is 32.1 Å². The maximum atomic E-state index is 10.3. The van der Waals surface area contributed by atoms with Crippen LogP contribution in [-0.2, 0) is 11.2 Å². The number of imidazole rings is 1. The third-order valence-corrected chi connectivity index (χ3v) is 2.86. The zero-order chi connectivity index (χ0) is 12.3. The smallest absolute Gasteiger partial charge is 0.303 e. The van der Waals surface area contributed by atoms with Crippen LogP contribution in [-0.4, -0.2) is 21.0 Å². The summed E-state index contributed by atoms with van der Waals surface area (Å²) in [7, 11) is 0. The van der Waals surface area contributed by atoms with Crippen LogP contribution in [0.15, 0.2) is 12.4 Å². The van der Waals surface area contributed by atoms with Gasteiger partial charge in [-0.25, -0.2) is 4.98 Å². The van der Waals surface area contributed by atoms with E-state index in [1.54, 1.807) is 6.20 Å². The molecule has 1 aromatic rings. The van der Waals surface area contributed by atoms with Gasteiger partial charge in [0.05, 0.1) is 0 Å². The van der Waals surface area contributed by atoms with E-state index in [9.17, 15) is 4.79 Å². The minimum Gasteiger partial charge on any atom is -0.481 e. The fourth-order valence-electron chi connectivity index (χ4n) is 1.89. The molecular formula is C13H22N2O2. The summed E-state index contributed by atoms with van der Waals surface area (Å²) in [5.41, 5.74) is 0. The third-order valence-electron chi connectivity index (χ3n) is 2.86. The summed E-state index contributed by atoms with van der Waals surface area (Å²) in [6.45, 7) is 0. The molecule has 1 heterocycles. The number of hydrogen-bond acceptors (Lipinski definition) is 2. The molecule has 0 radical (unpaired) electrons. The van der Waals surface area contributed by atoms with Gasteiger partial charge in [0.2, 0.25) is 0 Å². The van der Waals surface area contributed by atoms with Crippen molar-refractivity contribution in [3.8, 4) is 0 Å². The molecule has 0 spiro atoms. The Balaban J connectivity index is 1.80. The molecule has 96 valence electrons. The lowest BCUT2D eigenvalue weighted by molar-refractivity contribution is -0.137. The molecule has 0 aliphatic rings. The number of carboxylic acid groups (broad SMARTS) is 1. The van der Waals surface area contributed by atoms with Gasteiger partial charge in [-0.3, -0.25) is 4.79 Å². The van der Waals surface area contributed by atoms with Gasteiger partial charge in [-0.05, 0) is 12.8 Å². The number of rotatable bonds is 10. The van der Waals surface area contributed by atoms with Gasteiger partial charge in [-0.15, -0.1) is 0 Å². The predicted molar refractivity (Wildman–Crippen MR) is 66.9 cm³/mol. The van der Waals surface area contributed by atoms with Crippen molar-refractivity contribution in [3.05, 3.63) is 18.2 Å². The van der Waals surface area contributed by atoms with E-state index >= 15 is 0 Å². The van der Waals surface area contributed by atoms with Crippen LogP contribution in [0.2, 0.25) is 0 Å². The van der Waals surface area contributed by atoms with E-state index in [0.29, 0.717) is 6.42 Å². The van der Waals surface area contributed by atoms with Gasteiger partial charge in [-0.2, -0.15) is 0 Å². The Morgan fingerprint density at radius 1 is 1.12 bits per heavy atom. The lowest BCUT2D eigenvalue weighted by Gasteiger charge is -2.00. The van der Waals surface area contributed by atoms with E-state index in [1.165, 1.54) is 25.7 Å². The molecule has 1 rings (SSSR count). The minimum absolute atomic E-state index is 0.318. The van der Waals surface area contributed by atoms with E-state index in [0.717, 1.165) is 31.5 Å². The fourth-order valence-corrected chi connectivity index (χ4v) is 1.89. The Hall–Kier alpha value is -1.32. The first-order chi connectivity index (χ1) is 8.29. The van der Waals surface area contributed by atoms with E-state index < -0.39 is 5.97 Å². The number of H-pyrrole nitrogens is 1. The number of nitrogens with zero attached hydrogens (tertiary/aromatic N) is 1. The van der Waals surface area contributed by atoms with Crippen molar-refractivity contribution in [1.82, 2.24) is 9.97 Å². The quantitative estimate of drug-likeness (QED) is 0.615. The van der Waals surface area contributed by atoms with Crippen LogP contribution in [0.3, 0.4) is 0 Å². The van der Waals surface area contributed by atoms with Gasteiger partial charge >= 0.3 is 5.97 Å². The third kappa shape index (κ3) is 7.55. The van der Waals surface area contributed by atoms with Crippen molar-refractivity contribution in [2.45, 2.75) is 57.8 Å². The number of hydrogen-bond donors (Lipinski definition) is 2. The Labute approximate surface area is 102 Å². The molecule has 0 fully saturated rings. The Kier molecular flexibility index (Phi) is 7.11. The number of aromatic amines is 1. The summed E-state index contributed by atoms with van der Waals surface area (Å²) >= 11 is 0. The monoisotopic (exact) mass is 238 g/mol. The Morgan fingerprint density at radius 2 is 1.76 bits per heavy atom. The molecule has 0 saturated heterocycles. The zero-order valence-corrected chi connectivity index (χ0v) is 10.3. The van der Waals surface area contributed by atoms with Gasteiger partial charge in [0.15, 0.2) is 0 Å². The van der Waals surface area contributed by atoms with Crippen molar-refractivity contribution in [3.63, 3.8) is 0 Å². The second kappa shape index (κ2) is 8.79. The summed E-state index contributed by atoms with van der Waals surface area (Å²) in [4.78, 5) is 17.6. The van der Waals surface area contributed by atoms with Crippen molar-refractivity contribution in [2.24, 2.45) is 0 Å². The average Bonchev–Trinajstić information content (AvgIpc) is 2.79. The van der Waals surface area contributed by atoms with Crippen molar-refractivity contribution >= 4 is 5.97 Å². The minimum atomic E-state index is -0.677. The highest BCUT2D eigenvalue weighted by Crippen LogP contribution is 2.09. The number of aromatic nitrogens is 2. The maximum absolute atomic E-state index is 10.3.